The fourth-order valence-corrected chi connectivity index (χ4v) is 3.00. The molecule has 0 spiro atoms. The third-order valence-electron chi connectivity index (χ3n) is 2.82. The average Bonchev–Trinajstić information content (AvgIpc) is 2.73. The molecule has 0 saturated carbocycles. The van der Waals surface area contributed by atoms with Gasteiger partial charge in [-0.25, -0.2) is 0 Å². The molecule has 0 bridgehead atoms. The van der Waals surface area contributed by atoms with E-state index < -0.39 is 0 Å². The highest BCUT2D eigenvalue weighted by Gasteiger charge is 2.09. The summed E-state index contributed by atoms with van der Waals surface area (Å²) in [5.74, 6) is 0.948. The molecule has 0 fully saturated rings. The maximum absolute atomic E-state index is 5.96. The van der Waals surface area contributed by atoms with E-state index in [4.69, 9.17) is 22.1 Å². The van der Waals surface area contributed by atoms with Crippen LogP contribution in [0.3, 0.4) is 0 Å². The fourth-order valence-electron chi connectivity index (χ4n) is 2.00. The Morgan fingerprint density at radius 3 is 2.74 bits per heavy atom. The highest BCUT2D eigenvalue weighted by molar-refractivity contribution is 7.16. The van der Waals surface area contributed by atoms with Gasteiger partial charge in [0, 0.05) is 10.9 Å². The zero-order valence-electron chi connectivity index (χ0n) is 11.2. The van der Waals surface area contributed by atoms with Crippen LogP contribution in [0.25, 0.3) is 0 Å². The van der Waals surface area contributed by atoms with Crippen LogP contribution in [0.4, 0.5) is 0 Å². The lowest BCUT2D eigenvalue weighted by atomic mass is 10.0. The molecule has 4 heteroatoms. The smallest absolute Gasteiger partial charge is 0.126 e. The molecule has 0 aliphatic rings. The summed E-state index contributed by atoms with van der Waals surface area (Å²) < 4.78 is 6.76. The van der Waals surface area contributed by atoms with Crippen molar-refractivity contribution in [2.45, 2.75) is 32.9 Å². The van der Waals surface area contributed by atoms with Crippen LogP contribution in [0.5, 0.6) is 5.75 Å². The summed E-state index contributed by atoms with van der Waals surface area (Å²) in [5.41, 5.74) is 8.19. The largest absolute Gasteiger partial charge is 0.488 e. The second-order valence-electron chi connectivity index (χ2n) is 4.74. The van der Waals surface area contributed by atoms with Gasteiger partial charge >= 0.3 is 0 Å². The van der Waals surface area contributed by atoms with Gasteiger partial charge in [0.15, 0.2) is 0 Å². The van der Waals surface area contributed by atoms with Gasteiger partial charge in [0.2, 0.25) is 0 Å². The molecular formula is C15H18ClNOS. The molecule has 0 radical (unpaired) electrons. The molecule has 1 aromatic heterocycles. The van der Waals surface area contributed by atoms with E-state index in [-0.39, 0.29) is 6.04 Å². The molecular weight excluding hydrogens is 278 g/mol. The van der Waals surface area contributed by atoms with Crippen LogP contribution in [0, 0.1) is 6.92 Å². The zero-order chi connectivity index (χ0) is 13.8. The van der Waals surface area contributed by atoms with E-state index in [9.17, 15) is 0 Å². The Labute approximate surface area is 123 Å². The maximum Gasteiger partial charge on any atom is 0.126 e. The maximum atomic E-state index is 5.96. The first-order valence-corrected chi connectivity index (χ1v) is 7.47. The van der Waals surface area contributed by atoms with Gasteiger partial charge < -0.3 is 10.5 Å². The molecule has 0 aliphatic heterocycles. The lowest BCUT2D eigenvalue weighted by molar-refractivity contribution is 0.303. The summed E-state index contributed by atoms with van der Waals surface area (Å²) in [6.07, 6.45) is 0.822. The number of benzene rings is 1. The van der Waals surface area contributed by atoms with Crippen molar-refractivity contribution in [3.63, 3.8) is 0 Å². The van der Waals surface area contributed by atoms with Crippen molar-refractivity contribution in [2.24, 2.45) is 5.73 Å². The van der Waals surface area contributed by atoms with Crippen LogP contribution in [0.1, 0.15) is 22.9 Å². The minimum absolute atomic E-state index is 0.125. The zero-order valence-corrected chi connectivity index (χ0v) is 12.7. The van der Waals surface area contributed by atoms with Gasteiger partial charge in [-0.1, -0.05) is 29.8 Å². The third kappa shape index (κ3) is 3.96. The number of halogens is 1. The van der Waals surface area contributed by atoms with Crippen LogP contribution < -0.4 is 10.5 Å². The number of thiophene rings is 1. The van der Waals surface area contributed by atoms with Gasteiger partial charge in [-0.05, 0) is 43.5 Å². The molecule has 0 amide bonds. The van der Waals surface area contributed by atoms with Gasteiger partial charge in [-0.3, -0.25) is 0 Å². The Bertz CT molecular complexity index is 551. The van der Waals surface area contributed by atoms with Crippen LogP contribution in [-0.4, -0.2) is 6.04 Å². The number of para-hydroxylation sites is 1. The number of rotatable bonds is 5. The Kier molecular flexibility index (Phi) is 4.86. The van der Waals surface area contributed by atoms with E-state index in [0.717, 1.165) is 32.5 Å². The highest BCUT2D eigenvalue weighted by atomic mass is 35.5. The monoisotopic (exact) mass is 295 g/mol. The number of ether oxygens (including phenoxy) is 1. The van der Waals surface area contributed by atoms with Crippen molar-refractivity contribution in [1.29, 1.82) is 0 Å². The highest BCUT2D eigenvalue weighted by Crippen LogP contribution is 2.27. The Morgan fingerprint density at radius 2 is 2.11 bits per heavy atom. The molecule has 0 saturated heterocycles. The van der Waals surface area contributed by atoms with E-state index in [2.05, 4.69) is 19.1 Å². The first-order valence-electron chi connectivity index (χ1n) is 6.27. The fraction of sp³-hybridized carbons (Fsp3) is 0.333. The van der Waals surface area contributed by atoms with Gasteiger partial charge in [0.1, 0.15) is 12.4 Å². The average molecular weight is 296 g/mol. The number of aryl methyl sites for hydroxylation is 1. The minimum Gasteiger partial charge on any atom is -0.488 e. The molecule has 0 aliphatic carbocycles. The number of hydrogen-bond donors (Lipinski definition) is 1. The van der Waals surface area contributed by atoms with Crippen molar-refractivity contribution in [3.05, 3.63) is 50.7 Å². The minimum atomic E-state index is 0.125. The molecule has 2 aromatic rings. The van der Waals surface area contributed by atoms with Crippen molar-refractivity contribution < 1.29 is 4.74 Å². The molecule has 102 valence electrons. The van der Waals surface area contributed by atoms with Gasteiger partial charge in [-0.2, -0.15) is 0 Å². The predicted octanol–water partition coefficient (Wildman–Crippen LogP) is 4.18. The first-order chi connectivity index (χ1) is 9.06. The van der Waals surface area contributed by atoms with Crippen LogP contribution in [0.2, 0.25) is 4.34 Å². The van der Waals surface area contributed by atoms with Gasteiger partial charge in [-0.15, -0.1) is 11.3 Å². The quantitative estimate of drug-likeness (QED) is 0.898. The summed E-state index contributed by atoms with van der Waals surface area (Å²) in [4.78, 5) is 1.13. The lowest BCUT2D eigenvalue weighted by Crippen LogP contribution is -2.18. The van der Waals surface area contributed by atoms with Crippen molar-refractivity contribution >= 4 is 22.9 Å². The third-order valence-corrected chi connectivity index (χ3v) is 4.03. The predicted molar refractivity (Wildman–Crippen MR) is 82.2 cm³/mol. The van der Waals surface area contributed by atoms with Crippen LogP contribution >= 0.6 is 22.9 Å². The van der Waals surface area contributed by atoms with E-state index >= 15 is 0 Å². The molecule has 19 heavy (non-hydrogen) atoms. The topological polar surface area (TPSA) is 35.2 Å². The standard InChI is InChI=1S/C15H18ClNOS/c1-10-4-3-5-12(8-11(2)17)15(10)18-9-13-6-7-14(16)19-13/h3-7,11H,8-9,17H2,1-2H3. The lowest BCUT2D eigenvalue weighted by Gasteiger charge is -2.15. The molecule has 1 unspecified atom stereocenters. The summed E-state index contributed by atoms with van der Waals surface area (Å²) in [6.45, 7) is 4.61. The van der Waals surface area contributed by atoms with E-state index in [0.29, 0.717) is 6.61 Å². The second kappa shape index (κ2) is 6.42. The number of nitrogens with two attached hydrogens (primary N) is 1. The van der Waals surface area contributed by atoms with E-state index in [1.165, 1.54) is 0 Å². The first kappa shape index (κ1) is 14.4. The summed E-state index contributed by atoms with van der Waals surface area (Å²) in [7, 11) is 0. The van der Waals surface area contributed by atoms with Crippen LogP contribution in [-0.2, 0) is 13.0 Å². The molecule has 2 N–H and O–H groups in total. The molecule has 2 rings (SSSR count). The van der Waals surface area contributed by atoms with Crippen molar-refractivity contribution in [3.8, 4) is 5.75 Å². The SMILES string of the molecule is Cc1cccc(CC(C)N)c1OCc1ccc(Cl)s1. The summed E-state index contributed by atoms with van der Waals surface area (Å²) >= 11 is 7.47. The number of hydrogen-bond acceptors (Lipinski definition) is 3. The second-order valence-corrected chi connectivity index (χ2v) is 6.54. The molecule has 1 atom stereocenters. The van der Waals surface area contributed by atoms with Gasteiger partial charge in [0.25, 0.3) is 0 Å². The van der Waals surface area contributed by atoms with Crippen molar-refractivity contribution in [2.75, 3.05) is 0 Å². The Balaban J connectivity index is 2.14. The molecule has 1 heterocycles. The van der Waals surface area contributed by atoms with E-state index in [1.54, 1.807) is 11.3 Å². The normalized spacial score (nSPS) is 12.4. The Morgan fingerprint density at radius 1 is 1.32 bits per heavy atom. The molecule has 2 nitrogen and oxygen atoms in total. The summed E-state index contributed by atoms with van der Waals surface area (Å²) in [6, 6.07) is 10.2. The van der Waals surface area contributed by atoms with Crippen molar-refractivity contribution in [1.82, 2.24) is 0 Å². The van der Waals surface area contributed by atoms with Crippen LogP contribution in [0.15, 0.2) is 30.3 Å². The van der Waals surface area contributed by atoms with E-state index in [1.807, 2.05) is 25.1 Å². The molecule has 1 aromatic carbocycles. The van der Waals surface area contributed by atoms with Gasteiger partial charge in [0.05, 0.1) is 4.34 Å². The summed E-state index contributed by atoms with van der Waals surface area (Å²) in [5, 5.41) is 0. The Hall–Kier alpha value is -1.03.